The second-order valence-corrected chi connectivity index (χ2v) is 12.4. The van der Waals surface area contributed by atoms with Crippen molar-refractivity contribution in [3.8, 4) is 28.8 Å². The van der Waals surface area contributed by atoms with Crippen LogP contribution in [0, 0.1) is 6.92 Å². The molecule has 0 aliphatic carbocycles. The number of pyridine rings is 2. The number of anilines is 3. The lowest BCUT2D eigenvalue weighted by Gasteiger charge is -2.08. The topological polar surface area (TPSA) is 238 Å². The summed E-state index contributed by atoms with van der Waals surface area (Å²) < 4.78 is 19.9. The SMILES string of the molecule is CCOc1cccc(Cn2nnc3c(-c4ccc(C)o4)nc(N)nc32)n1.Nc1nc(-c2ccco2)c2nnn(Cc3cccc(NCc4ccccn4)c3)c2n1. The van der Waals surface area contributed by atoms with E-state index in [1.165, 1.54) is 0 Å². The van der Waals surface area contributed by atoms with E-state index >= 15 is 0 Å². The monoisotopic (exact) mass is 749 g/mol. The first-order chi connectivity index (χ1) is 27.4. The third-order valence-electron chi connectivity index (χ3n) is 8.33. The first kappa shape index (κ1) is 35.3. The molecule has 0 aliphatic rings. The van der Waals surface area contributed by atoms with Crippen LogP contribution < -0.4 is 21.5 Å². The van der Waals surface area contributed by atoms with Gasteiger partial charge in [-0.2, -0.15) is 9.97 Å². The molecule has 18 heteroatoms. The molecule has 0 amide bonds. The van der Waals surface area contributed by atoms with Crippen molar-refractivity contribution in [2.24, 2.45) is 0 Å². The molecule has 280 valence electrons. The number of nitrogens with one attached hydrogen (secondary N) is 1. The van der Waals surface area contributed by atoms with E-state index in [-0.39, 0.29) is 11.9 Å². The number of furan rings is 2. The Morgan fingerprint density at radius 2 is 1.45 bits per heavy atom. The molecule has 0 aliphatic heterocycles. The summed E-state index contributed by atoms with van der Waals surface area (Å²) in [6, 6.07) is 26.8. The van der Waals surface area contributed by atoms with Gasteiger partial charge in [0.15, 0.2) is 33.8 Å². The van der Waals surface area contributed by atoms with Crippen molar-refractivity contribution in [3.63, 3.8) is 0 Å². The second kappa shape index (κ2) is 15.7. The van der Waals surface area contributed by atoms with E-state index in [9.17, 15) is 0 Å². The lowest BCUT2D eigenvalue weighted by Crippen LogP contribution is -2.07. The minimum absolute atomic E-state index is 0.126. The Kier molecular flexibility index (Phi) is 9.88. The Morgan fingerprint density at radius 1 is 0.714 bits per heavy atom. The molecule has 0 unspecified atom stereocenters. The van der Waals surface area contributed by atoms with Crippen LogP contribution >= 0.6 is 0 Å². The van der Waals surface area contributed by atoms with Crippen LogP contribution in [-0.4, -0.2) is 66.5 Å². The van der Waals surface area contributed by atoms with Gasteiger partial charge in [0.2, 0.25) is 17.8 Å². The van der Waals surface area contributed by atoms with Crippen LogP contribution in [-0.2, 0) is 19.6 Å². The normalized spacial score (nSPS) is 11.1. The highest BCUT2D eigenvalue weighted by Crippen LogP contribution is 2.28. The third-order valence-corrected chi connectivity index (χ3v) is 8.33. The third kappa shape index (κ3) is 7.79. The molecule has 0 bridgehead atoms. The summed E-state index contributed by atoms with van der Waals surface area (Å²) in [7, 11) is 0. The fourth-order valence-corrected chi connectivity index (χ4v) is 5.85. The zero-order chi connectivity index (χ0) is 38.4. The van der Waals surface area contributed by atoms with Gasteiger partial charge in [0.05, 0.1) is 43.9 Å². The van der Waals surface area contributed by atoms with Crippen LogP contribution in [0.4, 0.5) is 17.6 Å². The molecular weight excluding hydrogens is 715 g/mol. The quantitative estimate of drug-likeness (QED) is 0.151. The first-order valence-corrected chi connectivity index (χ1v) is 17.6. The molecule has 0 saturated heterocycles. The van der Waals surface area contributed by atoms with Crippen molar-refractivity contribution in [2.75, 3.05) is 23.4 Å². The van der Waals surface area contributed by atoms with Gasteiger partial charge in [0, 0.05) is 18.0 Å². The molecule has 18 nitrogen and oxygen atoms in total. The van der Waals surface area contributed by atoms with Crippen LogP contribution in [0.1, 0.15) is 29.6 Å². The van der Waals surface area contributed by atoms with Gasteiger partial charge in [-0.25, -0.2) is 24.3 Å². The number of hydrogen-bond acceptors (Lipinski definition) is 16. The van der Waals surface area contributed by atoms with E-state index in [2.05, 4.69) is 61.9 Å². The highest BCUT2D eigenvalue weighted by Gasteiger charge is 2.19. The molecule has 0 saturated carbocycles. The zero-order valence-electron chi connectivity index (χ0n) is 30.3. The molecule has 0 spiro atoms. The van der Waals surface area contributed by atoms with Crippen LogP contribution in [0.5, 0.6) is 5.88 Å². The molecule has 1 aromatic carbocycles. The Hall–Kier alpha value is -7.76. The van der Waals surface area contributed by atoms with E-state index in [1.54, 1.807) is 34.0 Å². The molecular formula is C38H35N15O3. The number of fused-ring (bicyclic) bond motifs is 2. The van der Waals surface area contributed by atoms with Crippen LogP contribution in [0.25, 0.3) is 45.2 Å². The summed E-state index contributed by atoms with van der Waals surface area (Å²) >= 11 is 0. The molecule has 0 radical (unpaired) electrons. The highest BCUT2D eigenvalue weighted by atomic mass is 16.5. The average Bonchev–Trinajstić information content (AvgIpc) is 4.04. The number of aryl methyl sites for hydroxylation is 1. The zero-order valence-corrected chi connectivity index (χ0v) is 30.3. The molecule has 0 fully saturated rings. The predicted octanol–water partition coefficient (Wildman–Crippen LogP) is 5.33. The number of rotatable bonds is 11. The second-order valence-electron chi connectivity index (χ2n) is 12.4. The van der Waals surface area contributed by atoms with Gasteiger partial charge in [-0.3, -0.25) is 4.98 Å². The van der Waals surface area contributed by atoms with Gasteiger partial charge < -0.3 is 30.4 Å². The Balaban J connectivity index is 0.000000159. The summed E-state index contributed by atoms with van der Waals surface area (Å²) in [4.78, 5) is 25.9. The van der Waals surface area contributed by atoms with Crippen LogP contribution in [0.15, 0.2) is 106 Å². The molecule has 8 heterocycles. The lowest BCUT2D eigenvalue weighted by molar-refractivity contribution is 0.325. The van der Waals surface area contributed by atoms with E-state index in [4.69, 9.17) is 25.0 Å². The largest absolute Gasteiger partial charge is 0.478 e. The van der Waals surface area contributed by atoms with Crippen molar-refractivity contribution in [2.45, 2.75) is 33.5 Å². The van der Waals surface area contributed by atoms with E-state index < -0.39 is 0 Å². The fourth-order valence-electron chi connectivity index (χ4n) is 5.85. The van der Waals surface area contributed by atoms with Crippen molar-refractivity contribution in [1.82, 2.24) is 59.9 Å². The smallest absolute Gasteiger partial charge is 0.222 e. The van der Waals surface area contributed by atoms with Crippen LogP contribution in [0.2, 0.25) is 0 Å². The Bertz CT molecular complexity index is 2720. The van der Waals surface area contributed by atoms with E-state index in [0.29, 0.717) is 77.4 Å². The molecule has 8 aromatic heterocycles. The highest BCUT2D eigenvalue weighted by molar-refractivity contribution is 5.86. The van der Waals surface area contributed by atoms with Gasteiger partial charge in [-0.15, -0.1) is 10.2 Å². The number of nitrogens with zero attached hydrogens (tertiary/aromatic N) is 12. The molecule has 56 heavy (non-hydrogen) atoms. The first-order valence-electron chi connectivity index (χ1n) is 17.6. The summed E-state index contributed by atoms with van der Waals surface area (Å²) in [5.41, 5.74) is 18.8. The number of aromatic nitrogens is 12. The van der Waals surface area contributed by atoms with E-state index in [1.807, 2.05) is 80.6 Å². The van der Waals surface area contributed by atoms with Crippen molar-refractivity contribution < 1.29 is 13.6 Å². The number of nitrogen functional groups attached to an aromatic ring is 2. The van der Waals surface area contributed by atoms with Crippen molar-refractivity contribution >= 4 is 39.9 Å². The minimum Gasteiger partial charge on any atom is -0.478 e. The maximum Gasteiger partial charge on any atom is 0.222 e. The number of ether oxygens (including phenoxy) is 1. The summed E-state index contributed by atoms with van der Waals surface area (Å²) in [6.45, 7) is 5.84. The number of nitrogens with two attached hydrogens (primary N) is 2. The Morgan fingerprint density at radius 3 is 2.12 bits per heavy atom. The molecule has 0 atom stereocenters. The standard InChI is InChI=1S/C21H18N8O.C17H17N7O2/c22-21-25-18(17-8-4-10-30-17)19-20(26-21)29(28-27-19)13-14-5-3-7-15(11-14)24-12-16-6-1-2-9-23-16;1-3-25-13-6-4-5-11(19-13)9-24-16-15(22-23-24)14(20-17(18)21-16)12-8-7-10(2)26-12/h1-11,24H,12-13H2,(H2,22,25,26);4-8H,3,9H2,1-2H3,(H2,18,20,21). The lowest BCUT2D eigenvalue weighted by atomic mass is 10.2. The van der Waals surface area contributed by atoms with Gasteiger partial charge in [-0.1, -0.05) is 34.7 Å². The van der Waals surface area contributed by atoms with Crippen molar-refractivity contribution in [1.29, 1.82) is 0 Å². The maximum absolute atomic E-state index is 5.92. The fraction of sp³-hybridized carbons (Fsp3) is 0.158. The van der Waals surface area contributed by atoms with Crippen LogP contribution in [0.3, 0.4) is 0 Å². The summed E-state index contributed by atoms with van der Waals surface area (Å²) in [5.74, 6) is 2.75. The van der Waals surface area contributed by atoms with E-state index in [0.717, 1.165) is 28.4 Å². The van der Waals surface area contributed by atoms with Gasteiger partial charge in [-0.05, 0) is 74.0 Å². The van der Waals surface area contributed by atoms with Gasteiger partial charge in [0.1, 0.15) is 17.1 Å². The predicted molar refractivity (Wildman–Crippen MR) is 207 cm³/mol. The molecule has 5 N–H and O–H groups in total. The van der Waals surface area contributed by atoms with Gasteiger partial charge >= 0.3 is 0 Å². The summed E-state index contributed by atoms with van der Waals surface area (Å²) in [5, 5.41) is 20.3. The maximum atomic E-state index is 5.92. The molecule has 9 rings (SSSR count). The Labute approximate surface area is 318 Å². The summed E-state index contributed by atoms with van der Waals surface area (Å²) in [6.07, 6.45) is 3.36. The average molecular weight is 750 g/mol. The number of benzene rings is 1. The van der Waals surface area contributed by atoms with Crippen molar-refractivity contribution in [3.05, 3.63) is 120 Å². The molecule has 9 aromatic rings. The minimum atomic E-state index is 0.126. The number of hydrogen-bond donors (Lipinski definition) is 3. The van der Waals surface area contributed by atoms with Gasteiger partial charge in [0.25, 0.3) is 0 Å².